The molecule has 2 aromatic carbocycles. The molecule has 26 heavy (non-hydrogen) atoms. The molecule has 0 heterocycles. The molecule has 7 heteroatoms. The van der Waals surface area contributed by atoms with Crippen LogP contribution in [0.1, 0.15) is 19.4 Å². The molecule has 0 radical (unpaired) electrons. The summed E-state index contributed by atoms with van der Waals surface area (Å²) in [7, 11) is -3.65. The molecule has 140 valence electrons. The Kier molecular flexibility index (Phi) is 6.52. The molecule has 0 atom stereocenters. The van der Waals surface area contributed by atoms with Gasteiger partial charge in [0.05, 0.1) is 4.90 Å². The standard InChI is InChI=1S/C19H25N3O3S/c1-19(2,14-15-7-4-3-5-8-15)18(23)22-16-9-6-10-17(13-16)26(24,25)21-12-11-20/h3-10,13,21H,11-12,14,20H2,1-2H3,(H,22,23). The van der Waals surface area contributed by atoms with E-state index in [4.69, 9.17) is 5.73 Å². The third kappa shape index (κ3) is 5.39. The topological polar surface area (TPSA) is 101 Å². The van der Waals surface area contributed by atoms with Crippen LogP contribution in [0.2, 0.25) is 0 Å². The molecule has 2 aromatic rings. The summed E-state index contributed by atoms with van der Waals surface area (Å²) in [6.07, 6.45) is 0.579. The molecule has 2 rings (SSSR count). The largest absolute Gasteiger partial charge is 0.329 e. The first-order chi connectivity index (χ1) is 12.2. The first-order valence-electron chi connectivity index (χ1n) is 8.40. The summed E-state index contributed by atoms with van der Waals surface area (Å²) in [5.41, 5.74) is 6.19. The maximum Gasteiger partial charge on any atom is 0.240 e. The Bertz CT molecular complexity index is 849. The van der Waals surface area contributed by atoms with Crippen molar-refractivity contribution in [2.24, 2.45) is 11.1 Å². The van der Waals surface area contributed by atoms with Gasteiger partial charge in [-0.1, -0.05) is 50.2 Å². The summed E-state index contributed by atoms with van der Waals surface area (Å²) in [4.78, 5) is 12.8. The number of anilines is 1. The number of hydrogen-bond donors (Lipinski definition) is 3. The predicted octanol–water partition coefficient (Wildman–Crippen LogP) is 2.13. The average Bonchev–Trinajstić information content (AvgIpc) is 2.61. The van der Waals surface area contributed by atoms with Gasteiger partial charge in [0.25, 0.3) is 0 Å². The molecule has 1 amide bonds. The zero-order chi connectivity index (χ0) is 19.2. The lowest BCUT2D eigenvalue weighted by molar-refractivity contribution is -0.123. The van der Waals surface area contributed by atoms with Gasteiger partial charge in [0.2, 0.25) is 15.9 Å². The normalized spacial score (nSPS) is 12.0. The van der Waals surface area contributed by atoms with Gasteiger partial charge < -0.3 is 11.1 Å². The Labute approximate surface area is 154 Å². The van der Waals surface area contributed by atoms with Crippen molar-refractivity contribution in [3.05, 3.63) is 60.2 Å². The third-order valence-electron chi connectivity index (χ3n) is 3.94. The van der Waals surface area contributed by atoms with E-state index in [1.807, 2.05) is 44.2 Å². The quantitative estimate of drug-likeness (QED) is 0.658. The lowest BCUT2D eigenvalue weighted by Gasteiger charge is -2.24. The monoisotopic (exact) mass is 375 g/mol. The Hall–Kier alpha value is -2.22. The summed E-state index contributed by atoms with van der Waals surface area (Å²) in [6, 6.07) is 15.9. The zero-order valence-corrected chi connectivity index (χ0v) is 15.8. The number of nitrogens with one attached hydrogen (secondary N) is 2. The lowest BCUT2D eigenvalue weighted by atomic mass is 9.84. The minimum Gasteiger partial charge on any atom is -0.329 e. The number of sulfonamides is 1. The zero-order valence-electron chi connectivity index (χ0n) is 15.0. The lowest BCUT2D eigenvalue weighted by Crippen LogP contribution is -2.33. The Morgan fingerprint density at radius 1 is 1.08 bits per heavy atom. The molecule has 0 spiro atoms. The smallest absolute Gasteiger partial charge is 0.240 e. The molecule has 4 N–H and O–H groups in total. The van der Waals surface area contributed by atoms with Gasteiger partial charge in [0, 0.05) is 24.2 Å². The maximum atomic E-state index is 12.7. The highest BCUT2D eigenvalue weighted by atomic mass is 32.2. The molecule has 0 aliphatic rings. The number of carbonyl (C=O) groups is 1. The van der Waals surface area contributed by atoms with E-state index in [2.05, 4.69) is 10.0 Å². The molecular formula is C19H25N3O3S. The van der Waals surface area contributed by atoms with Gasteiger partial charge in [0.1, 0.15) is 0 Å². The highest BCUT2D eigenvalue weighted by Gasteiger charge is 2.28. The number of nitrogens with two attached hydrogens (primary N) is 1. The fourth-order valence-corrected chi connectivity index (χ4v) is 3.60. The van der Waals surface area contributed by atoms with Crippen LogP contribution in [0.15, 0.2) is 59.5 Å². The van der Waals surface area contributed by atoms with Crippen LogP contribution in [0, 0.1) is 5.41 Å². The number of rotatable bonds is 8. The number of carbonyl (C=O) groups excluding carboxylic acids is 1. The van der Waals surface area contributed by atoms with Crippen molar-refractivity contribution in [3.8, 4) is 0 Å². The SMILES string of the molecule is CC(C)(Cc1ccccc1)C(=O)Nc1cccc(S(=O)(=O)NCCN)c1. The van der Waals surface area contributed by atoms with Crippen LogP contribution in [0.4, 0.5) is 5.69 Å². The molecule has 0 bridgehead atoms. The van der Waals surface area contributed by atoms with Gasteiger partial charge in [-0.25, -0.2) is 13.1 Å². The molecule has 0 saturated carbocycles. The molecule has 0 aliphatic heterocycles. The number of benzene rings is 2. The van der Waals surface area contributed by atoms with Crippen molar-refractivity contribution in [1.29, 1.82) is 0 Å². The minimum absolute atomic E-state index is 0.0876. The molecule has 6 nitrogen and oxygen atoms in total. The van der Waals surface area contributed by atoms with E-state index in [1.54, 1.807) is 12.1 Å². The highest BCUT2D eigenvalue weighted by molar-refractivity contribution is 7.89. The van der Waals surface area contributed by atoms with E-state index in [9.17, 15) is 13.2 Å². The van der Waals surface area contributed by atoms with Crippen molar-refractivity contribution in [2.45, 2.75) is 25.2 Å². The van der Waals surface area contributed by atoms with E-state index >= 15 is 0 Å². The second-order valence-electron chi connectivity index (χ2n) is 6.71. The van der Waals surface area contributed by atoms with E-state index in [-0.39, 0.29) is 23.9 Å². The second-order valence-corrected chi connectivity index (χ2v) is 8.48. The van der Waals surface area contributed by atoms with Gasteiger partial charge in [-0.3, -0.25) is 4.79 Å². The van der Waals surface area contributed by atoms with Crippen LogP contribution in [0.5, 0.6) is 0 Å². The first-order valence-corrected chi connectivity index (χ1v) is 9.88. The van der Waals surface area contributed by atoms with E-state index < -0.39 is 15.4 Å². The summed E-state index contributed by atoms with van der Waals surface area (Å²) < 4.78 is 26.8. The fourth-order valence-electron chi connectivity index (χ4n) is 2.50. The van der Waals surface area contributed by atoms with Crippen LogP contribution < -0.4 is 15.8 Å². The van der Waals surface area contributed by atoms with Crippen LogP contribution in [0.3, 0.4) is 0 Å². The van der Waals surface area contributed by atoms with Crippen molar-refractivity contribution in [1.82, 2.24) is 4.72 Å². The van der Waals surface area contributed by atoms with Crippen LogP contribution in [-0.4, -0.2) is 27.4 Å². The van der Waals surface area contributed by atoms with Crippen LogP contribution in [-0.2, 0) is 21.2 Å². The van der Waals surface area contributed by atoms with Crippen molar-refractivity contribution < 1.29 is 13.2 Å². The highest BCUT2D eigenvalue weighted by Crippen LogP contribution is 2.25. The molecular weight excluding hydrogens is 350 g/mol. The van der Waals surface area contributed by atoms with Gasteiger partial charge in [0.15, 0.2) is 0 Å². The molecule has 0 unspecified atom stereocenters. The van der Waals surface area contributed by atoms with Crippen molar-refractivity contribution in [2.75, 3.05) is 18.4 Å². The Morgan fingerprint density at radius 2 is 1.77 bits per heavy atom. The fraction of sp³-hybridized carbons (Fsp3) is 0.316. The Balaban J connectivity index is 2.12. The summed E-state index contributed by atoms with van der Waals surface area (Å²) in [5.74, 6) is -0.175. The number of hydrogen-bond acceptors (Lipinski definition) is 4. The predicted molar refractivity (Wildman–Crippen MR) is 103 cm³/mol. The van der Waals surface area contributed by atoms with E-state index in [0.717, 1.165) is 5.56 Å². The minimum atomic E-state index is -3.65. The molecule has 0 saturated heterocycles. The van der Waals surface area contributed by atoms with Gasteiger partial charge in [-0.2, -0.15) is 0 Å². The Morgan fingerprint density at radius 3 is 2.42 bits per heavy atom. The third-order valence-corrected chi connectivity index (χ3v) is 5.40. The molecule has 0 aliphatic carbocycles. The summed E-state index contributed by atoms with van der Waals surface area (Å²) >= 11 is 0. The summed E-state index contributed by atoms with van der Waals surface area (Å²) in [5, 5.41) is 2.82. The maximum absolute atomic E-state index is 12.7. The van der Waals surface area contributed by atoms with Gasteiger partial charge >= 0.3 is 0 Å². The first kappa shape index (κ1) is 20.1. The van der Waals surface area contributed by atoms with E-state index in [0.29, 0.717) is 12.1 Å². The van der Waals surface area contributed by atoms with Gasteiger partial charge in [-0.15, -0.1) is 0 Å². The van der Waals surface area contributed by atoms with Crippen molar-refractivity contribution in [3.63, 3.8) is 0 Å². The summed E-state index contributed by atoms with van der Waals surface area (Å²) in [6.45, 7) is 4.09. The molecule has 0 aromatic heterocycles. The second kappa shape index (κ2) is 8.44. The number of amides is 1. The van der Waals surface area contributed by atoms with Crippen LogP contribution in [0.25, 0.3) is 0 Å². The van der Waals surface area contributed by atoms with Gasteiger partial charge in [-0.05, 0) is 30.2 Å². The van der Waals surface area contributed by atoms with Crippen LogP contribution >= 0.6 is 0 Å². The van der Waals surface area contributed by atoms with E-state index in [1.165, 1.54) is 12.1 Å². The molecule has 0 fully saturated rings. The van der Waals surface area contributed by atoms with Crippen molar-refractivity contribution >= 4 is 21.6 Å². The average molecular weight is 375 g/mol.